The van der Waals surface area contributed by atoms with Crippen molar-refractivity contribution in [1.82, 2.24) is 10.2 Å². The number of terminal acetylenes is 1. The number of hydrogen-bond donors (Lipinski definition) is 1. The topological polar surface area (TPSA) is 24.5 Å². The summed E-state index contributed by atoms with van der Waals surface area (Å²) in [5, 5.41) is 3.46. The highest BCUT2D eigenvalue weighted by Crippen LogP contribution is 2.11. The molecular formula is C12H22N2O. The van der Waals surface area contributed by atoms with E-state index in [0.717, 1.165) is 39.1 Å². The van der Waals surface area contributed by atoms with E-state index in [1.807, 2.05) is 0 Å². The second-order valence-corrected chi connectivity index (χ2v) is 4.08. The molecule has 86 valence electrons. The number of ether oxygens (including phenoxy) is 1. The zero-order valence-corrected chi connectivity index (χ0v) is 9.83. The van der Waals surface area contributed by atoms with Crippen LogP contribution in [0.2, 0.25) is 0 Å². The Labute approximate surface area is 93.2 Å². The van der Waals surface area contributed by atoms with Crippen molar-refractivity contribution in [2.24, 2.45) is 0 Å². The van der Waals surface area contributed by atoms with Gasteiger partial charge in [-0.2, -0.15) is 0 Å². The summed E-state index contributed by atoms with van der Waals surface area (Å²) < 4.78 is 5.79. The quantitative estimate of drug-likeness (QED) is 0.676. The highest BCUT2D eigenvalue weighted by Gasteiger charge is 2.25. The zero-order valence-electron chi connectivity index (χ0n) is 9.83. The molecule has 3 nitrogen and oxygen atoms in total. The molecule has 1 fully saturated rings. The van der Waals surface area contributed by atoms with Gasteiger partial charge >= 0.3 is 0 Å². The summed E-state index contributed by atoms with van der Waals surface area (Å²) in [5.41, 5.74) is 0. The Bertz CT molecular complexity index is 212. The van der Waals surface area contributed by atoms with Crippen LogP contribution in [0.5, 0.6) is 0 Å². The second-order valence-electron chi connectivity index (χ2n) is 4.08. The first kappa shape index (κ1) is 12.5. The van der Waals surface area contributed by atoms with E-state index in [0.29, 0.717) is 6.04 Å². The molecule has 0 aromatic carbocycles. The van der Waals surface area contributed by atoms with Crippen LogP contribution < -0.4 is 5.32 Å². The predicted octanol–water partition coefficient (Wildman–Crippen LogP) is 0.709. The van der Waals surface area contributed by atoms with Gasteiger partial charge in [0, 0.05) is 25.6 Å². The summed E-state index contributed by atoms with van der Waals surface area (Å²) in [4.78, 5) is 2.31. The van der Waals surface area contributed by atoms with Crippen LogP contribution in [0.3, 0.4) is 0 Å². The summed E-state index contributed by atoms with van der Waals surface area (Å²) in [6.45, 7) is 5.96. The van der Waals surface area contributed by atoms with Gasteiger partial charge in [0.25, 0.3) is 0 Å². The van der Waals surface area contributed by atoms with Crippen LogP contribution in [0, 0.1) is 12.3 Å². The molecule has 0 spiro atoms. The van der Waals surface area contributed by atoms with Crippen molar-refractivity contribution in [3.63, 3.8) is 0 Å². The third kappa shape index (κ3) is 4.21. The van der Waals surface area contributed by atoms with Crippen molar-refractivity contribution < 1.29 is 4.74 Å². The van der Waals surface area contributed by atoms with E-state index in [1.165, 1.54) is 0 Å². The molecule has 1 rings (SSSR count). The summed E-state index contributed by atoms with van der Waals surface area (Å²) >= 11 is 0. The van der Waals surface area contributed by atoms with E-state index in [9.17, 15) is 0 Å². The van der Waals surface area contributed by atoms with Crippen LogP contribution in [0.1, 0.15) is 19.8 Å². The van der Waals surface area contributed by atoms with Gasteiger partial charge in [0.15, 0.2) is 0 Å². The average Bonchev–Trinajstić information content (AvgIpc) is 2.24. The van der Waals surface area contributed by atoms with Crippen molar-refractivity contribution >= 4 is 0 Å². The van der Waals surface area contributed by atoms with Gasteiger partial charge in [-0.05, 0) is 20.0 Å². The molecule has 1 aliphatic rings. The molecule has 1 aliphatic heterocycles. The van der Waals surface area contributed by atoms with Gasteiger partial charge in [0.2, 0.25) is 0 Å². The molecule has 2 unspecified atom stereocenters. The van der Waals surface area contributed by atoms with Crippen LogP contribution in [0.15, 0.2) is 0 Å². The van der Waals surface area contributed by atoms with Gasteiger partial charge in [-0.3, -0.25) is 0 Å². The minimum atomic E-state index is 0.289. The first-order chi connectivity index (χ1) is 7.27. The maximum absolute atomic E-state index is 5.79. The molecule has 1 saturated heterocycles. The normalized spacial score (nSPS) is 24.7. The Morgan fingerprint density at radius 3 is 3.07 bits per heavy atom. The van der Waals surface area contributed by atoms with Gasteiger partial charge in [-0.15, -0.1) is 12.3 Å². The Kier molecular flexibility index (Phi) is 5.70. The summed E-state index contributed by atoms with van der Waals surface area (Å²) in [7, 11) is 2.14. The number of morpholine rings is 1. The van der Waals surface area contributed by atoms with Crippen LogP contribution in [0.25, 0.3) is 0 Å². The second kappa shape index (κ2) is 6.84. The third-order valence-corrected chi connectivity index (χ3v) is 2.81. The lowest BCUT2D eigenvalue weighted by Crippen LogP contribution is -2.51. The lowest BCUT2D eigenvalue weighted by molar-refractivity contribution is -0.0393. The Morgan fingerprint density at radius 1 is 1.67 bits per heavy atom. The van der Waals surface area contributed by atoms with Crippen molar-refractivity contribution in [3.05, 3.63) is 0 Å². The summed E-state index contributed by atoms with van der Waals surface area (Å²) in [5.74, 6) is 2.70. The average molecular weight is 210 g/mol. The molecule has 0 saturated carbocycles. The first-order valence-corrected chi connectivity index (χ1v) is 5.75. The van der Waals surface area contributed by atoms with E-state index in [4.69, 9.17) is 11.2 Å². The van der Waals surface area contributed by atoms with Crippen LogP contribution in [-0.4, -0.2) is 50.3 Å². The molecule has 1 heterocycles. The smallest absolute Gasteiger partial charge is 0.0855 e. The molecule has 0 radical (unpaired) electrons. The van der Waals surface area contributed by atoms with Crippen LogP contribution in [-0.2, 0) is 4.74 Å². The molecule has 0 amide bonds. The standard InChI is InChI=1S/C12H22N2O/c1-4-6-7-11(13-5-2)12-10-14(3)8-9-15-12/h1,11-13H,5-10H2,2-3H3. The van der Waals surface area contributed by atoms with Gasteiger partial charge in [0.05, 0.1) is 12.7 Å². The minimum Gasteiger partial charge on any atom is -0.374 e. The molecule has 0 aromatic rings. The van der Waals surface area contributed by atoms with E-state index in [2.05, 4.69) is 30.1 Å². The van der Waals surface area contributed by atoms with Gasteiger partial charge in [-0.25, -0.2) is 0 Å². The van der Waals surface area contributed by atoms with E-state index in [1.54, 1.807) is 0 Å². The van der Waals surface area contributed by atoms with Crippen molar-refractivity contribution in [1.29, 1.82) is 0 Å². The Hall–Kier alpha value is -0.560. The predicted molar refractivity (Wildman–Crippen MR) is 62.8 cm³/mol. The van der Waals surface area contributed by atoms with E-state index in [-0.39, 0.29) is 6.10 Å². The SMILES string of the molecule is C#CCCC(NCC)C1CN(C)CCO1. The molecule has 0 aromatic heterocycles. The highest BCUT2D eigenvalue weighted by atomic mass is 16.5. The fraction of sp³-hybridized carbons (Fsp3) is 0.833. The maximum Gasteiger partial charge on any atom is 0.0855 e. The molecule has 0 aliphatic carbocycles. The highest BCUT2D eigenvalue weighted by molar-refractivity contribution is 4.89. The summed E-state index contributed by atoms with van der Waals surface area (Å²) in [6.07, 6.45) is 7.41. The van der Waals surface area contributed by atoms with Gasteiger partial charge in [-0.1, -0.05) is 6.92 Å². The number of nitrogens with zero attached hydrogens (tertiary/aromatic N) is 1. The number of nitrogens with one attached hydrogen (secondary N) is 1. The number of likely N-dealkylation sites (N-methyl/N-ethyl adjacent to an activating group) is 2. The Morgan fingerprint density at radius 2 is 2.47 bits per heavy atom. The monoisotopic (exact) mass is 210 g/mol. The van der Waals surface area contributed by atoms with Gasteiger partial charge in [0.1, 0.15) is 0 Å². The molecule has 2 atom stereocenters. The van der Waals surface area contributed by atoms with Gasteiger partial charge < -0.3 is 15.0 Å². The van der Waals surface area contributed by atoms with E-state index < -0.39 is 0 Å². The molecular weight excluding hydrogens is 188 g/mol. The van der Waals surface area contributed by atoms with Crippen molar-refractivity contribution in [2.75, 3.05) is 33.3 Å². The molecule has 15 heavy (non-hydrogen) atoms. The van der Waals surface area contributed by atoms with Crippen LogP contribution in [0.4, 0.5) is 0 Å². The van der Waals surface area contributed by atoms with Crippen LogP contribution >= 0.6 is 0 Å². The lowest BCUT2D eigenvalue weighted by atomic mass is 10.0. The molecule has 3 heteroatoms. The zero-order chi connectivity index (χ0) is 11.1. The lowest BCUT2D eigenvalue weighted by Gasteiger charge is -2.35. The van der Waals surface area contributed by atoms with Crippen molar-refractivity contribution in [2.45, 2.75) is 31.9 Å². The largest absolute Gasteiger partial charge is 0.374 e. The van der Waals surface area contributed by atoms with Crippen molar-refractivity contribution in [3.8, 4) is 12.3 Å². The maximum atomic E-state index is 5.79. The van der Waals surface area contributed by atoms with E-state index >= 15 is 0 Å². The fourth-order valence-electron chi connectivity index (χ4n) is 1.97. The fourth-order valence-corrected chi connectivity index (χ4v) is 1.97. The Balaban J connectivity index is 2.42. The first-order valence-electron chi connectivity index (χ1n) is 5.75. The number of rotatable bonds is 5. The summed E-state index contributed by atoms with van der Waals surface area (Å²) in [6, 6.07) is 0.397. The molecule has 0 bridgehead atoms. The third-order valence-electron chi connectivity index (χ3n) is 2.81. The minimum absolute atomic E-state index is 0.289. The number of hydrogen-bond acceptors (Lipinski definition) is 3. The molecule has 1 N–H and O–H groups in total.